The highest BCUT2D eigenvalue weighted by molar-refractivity contribution is 6.25. The van der Waals surface area contributed by atoms with E-state index in [1.165, 1.54) is 6.07 Å². The number of carboxylic acids is 3. The van der Waals surface area contributed by atoms with Gasteiger partial charge in [-0.05, 0) is 12.1 Å². The fraction of sp³-hybridized carbons (Fsp3) is 0. The van der Waals surface area contributed by atoms with Crippen molar-refractivity contribution < 1.29 is 34.1 Å². The van der Waals surface area contributed by atoms with E-state index < -0.39 is 17.9 Å². The Balaban J connectivity index is 2.33. The Kier molecular flexibility index (Phi) is 2.79. The number of hydrogen-bond donors (Lipinski definition) is 4. The quantitative estimate of drug-likeness (QED) is 0.435. The van der Waals surface area contributed by atoms with E-state index in [0.717, 1.165) is 12.5 Å². The molecule has 3 aromatic heterocycles. The van der Waals surface area contributed by atoms with E-state index in [-0.39, 0.29) is 49.9 Å². The average Bonchev–Trinajstić information content (AvgIpc) is 3.20. The number of H-pyrrole nitrogens is 1. The third-order valence-electron chi connectivity index (χ3n) is 3.80. The van der Waals surface area contributed by atoms with Crippen LogP contribution in [0.1, 0.15) is 31.3 Å². The normalized spacial score (nSPS) is 11.4. The zero-order chi connectivity index (χ0) is 17.9. The van der Waals surface area contributed by atoms with Crippen LogP contribution in [0.15, 0.2) is 22.9 Å². The van der Waals surface area contributed by atoms with E-state index in [9.17, 15) is 24.6 Å². The smallest absolute Gasteiger partial charge is 0.354 e. The van der Waals surface area contributed by atoms with Crippen LogP contribution in [-0.4, -0.2) is 48.2 Å². The number of carboxylic acid groups (broad SMARTS) is 3. The zero-order valence-corrected chi connectivity index (χ0v) is 12.1. The van der Waals surface area contributed by atoms with E-state index in [4.69, 9.17) is 9.52 Å². The zero-order valence-electron chi connectivity index (χ0n) is 12.1. The third kappa shape index (κ3) is 1.94. The highest BCUT2D eigenvalue weighted by atomic mass is 16.4. The van der Waals surface area contributed by atoms with Gasteiger partial charge in [-0.15, -0.1) is 0 Å². The van der Waals surface area contributed by atoms with Crippen molar-refractivity contribution in [2.45, 2.75) is 0 Å². The van der Waals surface area contributed by atoms with Gasteiger partial charge in [0.15, 0.2) is 12.0 Å². The Labute approximate surface area is 136 Å². The maximum atomic E-state index is 11.7. The molecule has 0 saturated heterocycles. The molecule has 0 atom stereocenters. The molecule has 0 aliphatic carbocycles. The van der Waals surface area contributed by atoms with Crippen molar-refractivity contribution in [3.8, 4) is 0 Å². The van der Waals surface area contributed by atoms with Crippen molar-refractivity contribution >= 4 is 50.8 Å². The van der Waals surface area contributed by atoms with Gasteiger partial charge in [0, 0.05) is 10.8 Å². The van der Waals surface area contributed by atoms with E-state index in [2.05, 4.69) is 15.0 Å². The molecule has 10 heteroatoms. The van der Waals surface area contributed by atoms with Gasteiger partial charge in [0.25, 0.3) is 0 Å². The molecule has 1 aromatic carbocycles. The molecule has 10 nitrogen and oxygen atoms in total. The van der Waals surface area contributed by atoms with Crippen molar-refractivity contribution in [2.75, 3.05) is 0 Å². The van der Waals surface area contributed by atoms with Crippen molar-refractivity contribution in [3.63, 3.8) is 0 Å². The first kappa shape index (κ1) is 14.6. The van der Waals surface area contributed by atoms with Crippen molar-refractivity contribution in [1.29, 1.82) is 0 Å². The lowest BCUT2D eigenvalue weighted by Gasteiger charge is -2.07. The molecule has 0 amide bonds. The van der Waals surface area contributed by atoms with Crippen molar-refractivity contribution in [2.24, 2.45) is 0 Å². The van der Waals surface area contributed by atoms with Gasteiger partial charge in [0.1, 0.15) is 16.9 Å². The van der Waals surface area contributed by atoms with Crippen LogP contribution in [0, 0.1) is 0 Å². The van der Waals surface area contributed by atoms with E-state index in [1.807, 2.05) is 0 Å². The number of carbonyl (C=O) groups is 3. The summed E-state index contributed by atoms with van der Waals surface area (Å²) in [4.78, 5) is 44.7. The van der Waals surface area contributed by atoms with Crippen LogP contribution in [0.2, 0.25) is 0 Å². The first-order chi connectivity index (χ1) is 11.9. The van der Waals surface area contributed by atoms with Crippen LogP contribution in [0.3, 0.4) is 0 Å². The maximum Gasteiger partial charge on any atom is 0.354 e. The average molecular weight is 341 g/mol. The van der Waals surface area contributed by atoms with Crippen LogP contribution in [-0.2, 0) is 0 Å². The molecule has 3 heterocycles. The number of aromatic carboxylic acids is 3. The molecule has 25 heavy (non-hydrogen) atoms. The minimum atomic E-state index is -1.38. The summed E-state index contributed by atoms with van der Waals surface area (Å²) < 4.78 is 5.27. The molecule has 0 spiro atoms. The minimum Gasteiger partial charge on any atom is -0.478 e. The summed E-state index contributed by atoms with van der Waals surface area (Å²) in [6, 6.07) is 2.20. The monoisotopic (exact) mass is 341 g/mol. The number of nitrogens with one attached hydrogen (secondary N) is 1. The second-order valence-corrected chi connectivity index (χ2v) is 5.20. The molecule has 124 valence electrons. The molecule has 0 fully saturated rings. The van der Waals surface area contributed by atoms with E-state index in [0.29, 0.717) is 0 Å². The van der Waals surface area contributed by atoms with Gasteiger partial charge in [0.05, 0.1) is 16.6 Å². The number of aromatic amines is 1. The Morgan fingerprint density at radius 2 is 1.76 bits per heavy atom. The summed E-state index contributed by atoms with van der Waals surface area (Å²) >= 11 is 0. The standard InChI is InChI=1S/C15H7N3O7/c19-13(20)4-1-6(14(21)22)18-10-8(4)9-5(2-7(17-9)15(23)24)12-11(10)16-3-25-12/h1-3,18H,(H,19,20)(H,21,22)(H,23,24). The van der Waals surface area contributed by atoms with Crippen molar-refractivity contribution in [3.05, 3.63) is 35.5 Å². The molecule has 0 saturated carbocycles. The third-order valence-corrected chi connectivity index (χ3v) is 3.80. The Bertz CT molecular complexity index is 1230. The first-order valence-corrected chi connectivity index (χ1v) is 6.81. The molecule has 0 unspecified atom stereocenters. The van der Waals surface area contributed by atoms with Crippen LogP contribution in [0.4, 0.5) is 0 Å². The minimum absolute atomic E-state index is 0.0569. The van der Waals surface area contributed by atoms with Gasteiger partial charge in [-0.1, -0.05) is 0 Å². The highest BCUT2D eigenvalue weighted by Gasteiger charge is 2.24. The summed E-state index contributed by atoms with van der Waals surface area (Å²) in [5, 5.41) is 28.2. The van der Waals surface area contributed by atoms with Gasteiger partial charge in [0.2, 0.25) is 0 Å². The summed E-state index contributed by atoms with van der Waals surface area (Å²) in [5.74, 6) is -4.03. The molecular weight excluding hydrogens is 334 g/mol. The van der Waals surface area contributed by atoms with Crippen molar-refractivity contribution in [1.82, 2.24) is 15.0 Å². The Morgan fingerprint density at radius 3 is 2.40 bits per heavy atom. The number of rotatable bonds is 3. The fourth-order valence-corrected chi connectivity index (χ4v) is 2.80. The van der Waals surface area contributed by atoms with Crippen LogP contribution in [0.25, 0.3) is 32.9 Å². The molecule has 4 N–H and O–H groups in total. The Hall–Kier alpha value is -3.95. The topological polar surface area (TPSA) is 167 Å². The number of benzene rings is 1. The van der Waals surface area contributed by atoms with Gasteiger partial charge < -0.3 is 24.7 Å². The van der Waals surface area contributed by atoms with E-state index in [1.54, 1.807) is 0 Å². The summed E-state index contributed by atoms with van der Waals surface area (Å²) in [5.41, 5.74) is -0.477. The number of hydrogen-bond acceptors (Lipinski definition) is 6. The van der Waals surface area contributed by atoms with Crippen LogP contribution in [0.5, 0.6) is 0 Å². The van der Waals surface area contributed by atoms with Gasteiger partial charge in [-0.25, -0.2) is 24.4 Å². The maximum absolute atomic E-state index is 11.7. The van der Waals surface area contributed by atoms with Crippen LogP contribution >= 0.6 is 0 Å². The summed E-state index contributed by atoms with van der Waals surface area (Å²) in [6.45, 7) is 0. The summed E-state index contributed by atoms with van der Waals surface area (Å²) in [6.07, 6.45) is 1.10. The second kappa shape index (κ2) is 4.77. The number of aromatic nitrogens is 3. The fourth-order valence-electron chi connectivity index (χ4n) is 2.80. The number of fused-ring (bicyclic) bond motifs is 6. The molecular formula is C15H7N3O7. The first-order valence-electron chi connectivity index (χ1n) is 6.81. The molecule has 0 aliphatic heterocycles. The number of oxazole rings is 1. The van der Waals surface area contributed by atoms with E-state index >= 15 is 0 Å². The molecule has 0 radical (unpaired) electrons. The predicted molar refractivity (Wildman–Crippen MR) is 82.0 cm³/mol. The predicted octanol–water partition coefficient (Wildman–Crippen LogP) is 1.95. The largest absolute Gasteiger partial charge is 0.478 e. The van der Waals surface area contributed by atoms with Gasteiger partial charge in [-0.3, -0.25) is 0 Å². The Morgan fingerprint density at radius 1 is 1.00 bits per heavy atom. The second-order valence-electron chi connectivity index (χ2n) is 5.20. The lowest BCUT2D eigenvalue weighted by Crippen LogP contribution is -2.07. The molecule has 0 aliphatic rings. The van der Waals surface area contributed by atoms with Gasteiger partial charge >= 0.3 is 17.9 Å². The summed E-state index contributed by atoms with van der Waals surface area (Å²) in [7, 11) is 0. The lowest BCUT2D eigenvalue weighted by molar-refractivity contribution is 0.0678. The van der Waals surface area contributed by atoms with Crippen LogP contribution < -0.4 is 0 Å². The SMILES string of the molecule is O=C(O)c1cc2c(n1)c1c(C(=O)O)cc(C(=O)O)[nH]c1c1ncoc21. The van der Waals surface area contributed by atoms with Gasteiger partial charge in [-0.2, -0.15) is 0 Å². The molecule has 4 aromatic rings. The molecule has 4 rings (SSSR count). The highest BCUT2D eigenvalue weighted by Crippen LogP contribution is 2.35. The lowest BCUT2D eigenvalue weighted by atomic mass is 10.0. The molecule has 0 bridgehead atoms. The number of nitrogens with zero attached hydrogens (tertiary/aromatic N) is 2. The number of pyridine rings is 1.